The fourth-order valence-corrected chi connectivity index (χ4v) is 3.22. The molecular weight excluding hydrogens is 318 g/mol. The number of carbonyl (C=O) groups is 2. The molecule has 2 fully saturated rings. The van der Waals surface area contributed by atoms with Gasteiger partial charge in [-0.15, -0.1) is 0 Å². The molecule has 25 heavy (non-hydrogen) atoms. The van der Waals surface area contributed by atoms with Gasteiger partial charge in [0.1, 0.15) is 11.8 Å². The van der Waals surface area contributed by atoms with Gasteiger partial charge in [0.25, 0.3) is 5.91 Å². The smallest absolute Gasteiger partial charge is 0.325 e. The zero-order chi connectivity index (χ0) is 18.0. The van der Waals surface area contributed by atoms with Crippen LogP contribution in [0.25, 0.3) is 0 Å². The highest BCUT2D eigenvalue weighted by molar-refractivity contribution is 6.04. The summed E-state index contributed by atoms with van der Waals surface area (Å²) in [5, 5.41) is 2.82. The normalized spacial score (nSPS) is 20.5. The molecule has 1 heterocycles. The zero-order valence-corrected chi connectivity index (χ0v) is 15.2. The lowest BCUT2D eigenvalue weighted by molar-refractivity contribution is -0.129. The maximum Gasteiger partial charge on any atom is 0.325 e. The molecule has 1 aromatic carbocycles. The fourth-order valence-electron chi connectivity index (χ4n) is 3.22. The van der Waals surface area contributed by atoms with Crippen LogP contribution in [0.5, 0.6) is 5.75 Å². The predicted octanol–water partition coefficient (Wildman–Crippen LogP) is 2.58. The summed E-state index contributed by atoms with van der Waals surface area (Å²) in [6.45, 7) is 5.20. The van der Waals surface area contributed by atoms with Gasteiger partial charge in [0.2, 0.25) is 0 Å². The highest BCUT2D eigenvalue weighted by atomic mass is 16.5. The molecule has 0 bridgehead atoms. The Kier molecular flexibility index (Phi) is 5.27. The molecule has 1 unspecified atom stereocenters. The van der Waals surface area contributed by atoms with E-state index in [1.54, 1.807) is 7.11 Å². The van der Waals surface area contributed by atoms with Crippen molar-refractivity contribution in [3.8, 4) is 5.75 Å². The van der Waals surface area contributed by atoms with Crippen molar-refractivity contribution in [2.75, 3.05) is 13.8 Å². The first-order valence-electron chi connectivity index (χ1n) is 8.96. The van der Waals surface area contributed by atoms with Crippen LogP contribution in [0.4, 0.5) is 4.79 Å². The largest absolute Gasteiger partial charge is 0.497 e. The molecule has 1 N–H and O–H groups in total. The lowest BCUT2D eigenvalue weighted by Crippen LogP contribution is -2.42. The van der Waals surface area contributed by atoms with Crippen molar-refractivity contribution >= 4 is 11.9 Å². The van der Waals surface area contributed by atoms with Gasteiger partial charge in [-0.05, 0) is 42.9 Å². The van der Waals surface area contributed by atoms with Crippen LogP contribution in [-0.2, 0) is 11.3 Å². The lowest BCUT2D eigenvalue weighted by Gasteiger charge is -2.26. The Morgan fingerprint density at radius 3 is 2.48 bits per heavy atom. The molecule has 0 spiro atoms. The number of rotatable bonds is 8. The number of methoxy groups -OCH3 is 1. The van der Waals surface area contributed by atoms with Crippen molar-refractivity contribution in [3.05, 3.63) is 29.8 Å². The quantitative estimate of drug-likeness (QED) is 0.736. The third-order valence-electron chi connectivity index (χ3n) is 4.75. The Morgan fingerprint density at radius 2 is 1.92 bits per heavy atom. The summed E-state index contributed by atoms with van der Waals surface area (Å²) in [6, 6.07) is 7.74. The van der Waals surface area contributed by atoms with E-state index in [4.69, 9.17) is 4.74 Å². The number of nitrogens with zero attached hydrogens (tertiary/aromatic N) is 2. The van der Waals surface area contributed by atoms with E-state index in [0.717, 1.165) is 30.7 Å². The minimum Gasteiger partial charge on any atom is -0.497 e. The van der Waals surface area contributed by atoms with Gasteiger partial charge in [-0.3, -0.25) is 9.69 Å². The van der Waals surface area contributed by atoms with Crippen molar-refractivity contribution in [3.63, 3.8) is 0 Å². The van der Waals surface area contributed by atoms with E-state index in [0.29, 0.717) is 25.0 Å². The Labute approximate surface area is 149 Å². The molecule has 1 saturated carbocycles. The number of carbonyl (C=O) groups excluding carboxylic acids is 2. The molecule has 6 heteroatoms. The summed E-state index contributed by atoms with van der Waals surface area (Å²) in [5.74, 6) is 1.10. The van der Waals surface area contributed by atoms with E-state index in [-0.39, 0.29) is 18.0 Å². The monoisotopic (exact) mass is 345 g/mol. The summed E-state index contributed by atoms with van der Waals surface area (Å²) in [5.41, 5.74) is 1.15. The second-order valence-electron chi connectivity index (χ2n) is 7.37. The van der Waals surface area contributed by atoms with Crippen LogP contribution < -0.4 is 10.1 Å². The SMILES string of the molecule is COc1ccc(CN(CN2C(=O)NC(CC(C)C)C2=O)C2CC2)cc1. The molecule has 1 aliphatic carbocycles. The van der Waals surface area contributed by atoms with Gasteiger partial charge < -0.3 is 10.1 Å². The van der Waals surface area contributed by atoms with Gasteiger partial charge in [-0.25, -0.2) is 9.69 Å². The third-order valence-corrected chi connectivity index (χ3v) is 4.75. The summed E-state index contributed by atoms with van der Waals surface area (Å²) >= 11 is 0. The van der Waals surface area contributed by atoms with E-state index in [9.17, 15) is 9.59 Å². The van der Waals surface area contributed by atoms with E-state index in [1.807, 2.05) is 24.3 Å². The number of benzene rings is 1. The minimum atomic E-state index is -0.380. The second-order valence-corrected chi connectivity index (χ2v) is 7.37. The number of hydrogen-bond acceptors (Lipinski definition) is 4. The van der Waals surface area contributed by atoms with Crippen LogP contribution in [0.3, 0.4) is 0 Å². The van der Waals surface area contributed by atoms with Gasteiger partial charge in [-0.1, -0.05) is 26.0 Å². The molecule has 3 rings (SSSR count). The molecule has 1 saturated heterocycles. The van der Waals surface area contributed by atoms with Crippen molar-refractivity contribution in [2.45, 2.75) is 51.7 Å². The fraction of sp³-hybridized carbons (Fsp3) is 0.579. The lowest BCUT2D eigenvalue weighted by atomic mass is 10.0. The second kappa shape index (κ2) is 7.44. The minimum absolute atomic E-state index is 0.0981. The Morgan fingerprint density at radius 1 is 1.24 bits per heavy atom. The van der Waals surface area contributed by atoms with E-state index in [1.165, 1.54) is 4.90 Å². The molecule has 1 aliphatic heterocycles. The first-order chi connectivity index (χ1) is 12.0. The van der Waals surface area contributed by atoms with Crippen LogP contribution in [0.15, 0.2) is 24.3 Å². The van der Waals surface area contributed by atoms with Crippen LogP contribution in [0, 0.1) is 5.92 Å². The molecule has 6 nitrogen and oxygen atoms in total. The maximum atomic E-state index is 12.6. The Hall–Kier alpha value is -2.08. The van der Waals surface area contributed by atoms with Crippen LogP contribution >= 0.6 is 0 Å². The van der Waals surface area contributed by atoms with E-state index in [2.05, 4.69) is 24.1 Å². The molecule has 1 aromatic rings. The Bertz CT molecular complexity index is 625. The molecule has 1 atom stereocenters. The van der Waals surface area contributed by atoms with Gasteiger partial charge >= 0.3 is 6.03 Å². The van der Waals surface area contributed by atoms with Crippen LogP contribution in [0.1, 0.15) is 38.7 Å². The standard InChI is InChI=1S/C19H27N3O3/c1-13(2)10-17-18(23)22(19(24)20-17)12-21(15-6-7-15)11-14-4-8-16(25-3)9-5-14/h4-5,8-9,13,15,17H,6-7,10-12H2,1-3H3,(H,20,24). The first kappa shape index (κ1) is 17.7. The predicted molar refractivity (Wildman–Crippen MR) is 95.0 cm³/mol. The molecule has 0 aromatic heterocycles. The van der Waals surface area contributed by atoms with Gasteiger partial charge in [-0.2, -0.15) is 0 Å². The van der Waals surface area contributed by atoms with Crippen molar-refractivity contribution in [2.24, 2.45) is 5.92 Å². The van der Waals surface area contributed by atoms with Crippen molar-refractivity contribution in [1.29, 1.82) is 0 Å². The number of amides is 3. The van der Waals surface area contributed by atoms with E-state index < -0.39 is 0 Å². The van der Waals surface area contributed by atoms with E-state index >= 15 is 0 Å². The van der Waals surface area contributed by atoms with Gasteiger partial charge in [0.05, 0.1) is 13.8 Å². The third kappa shape index (κ3) is 4.31. The molecule has 136 valence electrons. The average Bonchev–Trinajstić information content (AvgIpc) is 3.38. The van der Waals surface area contributed by atoms with Gasteiger partial charge in [0.15, 0.2) is 0 Å². The summed E-state index contributed by atoms with van der Waals surface area (Å²) in [7, 11) is 1.65. The topological polar surface area (TPSA) is 61.9 Å². The summed E-state index contributed by atoms with van der Waals surface area (Å²) < 4.78 is 5.19. The summed E-state index contributed by atoms with van der Waals surface area (Å²) in [6.07, 6.45) is 2.92. The average molecular weight is 345 g/mol. The maximum absolute atomic E-state index is 12.6. The number of urea groups is 1. The van der Waals surface area contributed by atoms with Crippen LogP contribution in [0.2, 0.25) is 0 Å². The molecule has 0 radical (unpaired) electrons. The number of imide groups is 1. The van der Waals surface area contributed by atoms with Gasteiger partial charge in [0, 0.05) is 12.6 Å². The number of nitrogens with one attached hydrogen (secondary N) is 1. The Balaban J connectivity index is 1.65. The summed E-state index contributed by atoms with van der Waals surface area (Å²) in [4.78, 5) is 28.4. The van der Waals surface area contributed by atoms with Crippen molar-refractivity contribution in [1.82, 2.24) is 15.1 Å². The van der Waals surface area contributed by atoms with Crippen LogP contribution in [-0.4, -0.2) is 47.6 Å². The molecular formula is C19H27N3O3. The molecule has 2 aliphatic rings. The zero-order valence-electron chi connectivity index (χ0n) is 15.2. The first-order valence-corrected chi connectivity index (χ1v) is 8.96. The highest BCUT2D eigenvalue weighted by Crippen LogP contribution is 2.29. The number of ether oxygens (including phenoxy) is 1. The highest BCUT2D eigenvalue weighted by Gasteiger charge is 2.40. The number of hydrogen-bond donors (Lipinski definition) is 1. The van der Waals surface area contributed by atoms with Crippen molar-refractivity contribution < 1.29 is 14.3 Å². The molecule has 3 amide bonds.